The quantitative estimate of drug-likeness (QED) is 0.554. The Morgan fingerprint density at radius 3 is 2.69 bits per heavy atom. The van der Waals surface area contributed by atoms with Gasteiger partial charge in [0, 0.05) is 18.1 Å². The zero-order valence-corrected chi connectivity index (χ0v) is 19.4. The van der Waals surface area contributed by atoms with Crippen LogP contribution in [0.2, 0.25) is 0 Å². The Morgan fingerprint density at radius 1 is 1.34 bits per heavy atom. The molecule has 3 aromatic rings. The predicted molar refractivity (Wildman–Crippen MR) is 127 cm³/mol. The maximum Gasteiger partial charge on any atom is 0.336 e. The number of hydrogen-bond donors (Lipinski definition) is 1. The smallest absolute Gasteiger partial charge is 0.336 e. The molecule has 4 rings (SSSR count). The minimum absolute atomic E-state index is 0.0573. The first-order valence-corrected chi connectivity index (χ1v) is 11.1. The van der Waals surface area contributed by atoms with Crippen molar-refractivity contribution in [3.63, 3.8) is 0 Å². The van der Waals surface area contributed by atoms with Gasteiger partial charge in [0.05, 0.1) is 16.8 Å². The van der Waals surface area contributed by atoms with Crippen molar-refractivity contribution in [2.75, 3.05) is 0 Å². The van der Waals surface area contributed by atoms with Crippen LogP contribution in [0.25, 0.3) is 22.6 Å². The minimum Gasteiger partial charge on any atom is -0.478 e. The summed E-state index contributed by atoms with van der Waals surface area (Å²) < 4.78 is 1.89. The normalized spacial score (nSPS) is 17.4. The maximum absolute atomic E-state index is 12.4. The van der Waals surface area contributed by atoms with Gasteiger partial charge >= 0.3 is 5.97 Å². The molecule has 1 aromatic carbocycles. The van der Waals surface area contributed by atoms with E-state index in [0.29, 0.717) is 34.5 Å². The molecule has 0 aliphatic heterocycles. The highest BCUT2D eigenvalue weighted by atomic mass is 16.4. The summed E-state index contributed by atoms with van der Waals surface area (Å²) in [6.45, 7) is 8.71. The lowest BCUT2D eigenvalue weighted by molar-refractivity contribution is 0.0696. The largest absolute Gasteiger partial charge is 0.478 e. The van der Waals surface area contributed by atoms with E-state index >= 15 is 0 Å². The molecule has 32 heavy (non-hydrogen) atoms. The Bertz CT molecular complexity index is 1300. The second-order valence-electron chi connectivity index (χ2n) is 9.49. The van der Waals surface area contributed by atoms with Crippen LogP contribution in [-0.2, 0) is 13.5 Å². The van der Waals surface area contributed by atoms with Gasteiger partial charge in [0.2, 0.25) is 0 Å². The maximum atomic E-state index is 12.4. The topological polar surface area (TPSA) is 78.9 Å². The number of nitrogens with zero attached hydrogens (tertiary/aromatic N) is 3. The van der Waals surface area contributed by atoms with E-state index in [2.05, 4.69) is 32.9 Å². The van der Waals surface area contributed by atoms with E-state index in [1.807, 2.05) is 48.9 Å². The van der Waals surface area contributed by atoms with Crippen LogP contribution in [0.5, 0.6) is 0 Å². The first-order chi connectivity index (χ1) is 15.2. The summed E-state index contributed by atoms with van der Waals surface area (Å²) in [5.41, 5.74) is 6.37. The van der Waals surface area contributed by atoms with Crippen LogP contribution in [0, 0.1) is 29.6 Å². The van der Waals surface area contributed by atoms with Gasteiger partial charge in [0.15, 0.2) is 0 Å². The highest BCUT2D eigenvalue weighted by Gasteiger charge is 2.36. The van der Waals surface area contributed by atoms with Crippen LogP contribution in [0.1, 0.15) is 72.2 Å². The van der Waals surface area contributed by atoms with Crippen LogP contribution >= 0.6 is 0 Å². The number of rotatable bonds is 4. The fourth-order valence-electron chi connectivity index (χ4n) is 4.77. The molecule has 1 atom stereocenters. The molecular weight excluding hydrogens is 398 g/mol. The second kappa shape index (κ2) is 7.94. The summed E-state index contributed by atoms with van der Waals surface area (Å²) in [6, 6.07) is 11.6. The molecule has 2 heterocycles. The van der Waals surface area contributed by atoms with E-state index in [1.54, 1.807) is 0 Å². The second-order valence-corrected chi connectivity index (χ2v) is 9.49. The van der Waals surface area contributed by atoms with E-state index in [1.165, 1.54) is 0 Å². The number of allylic oxidation sites excluding steroid dienone is 1. The van der Waals surface area contributed by atoms with Gasteiger partial charge in [-0.05, 0) is 66.0 Å². The standard InChI is InChI=1S/C27H29N3O2/c1-6-27(3,4)19-12-18(11-17-13-20(15-28)30(5)16(17)2)25-22(14-19)24(26(31)32)21-9-7-8-10-23(21)29-25/h7-11,13,19H,6,12,14H2,1-5H3,(H,31,32). The van der Waals surface area contributed by atoms with E-state index in [9.17, 15) is 15.2 Å². The molecule has 5 heteroatoms. The number of nitriles is 1. The van der Waals surface area contributed by atoms with Crippen molar-refractivity contribution in [2.24, 2.45) is 18.4 Å². The van der Waals surface area contributed by atoms with Crippen molar-refractivity contribution in [3.8, 4) is 6.07 Å². The summed E-state index contributed by atoms with van der Waals surface area (Å²) in [6.07, 6.45) is 4.64. The first-order valence-electron chi connectivity index (χ1n) is 11.1. The molecule has 164 valence electrons. The van der Waals surface area contributed by atoms with Gasteiger partial charge in [0.25, 0.3) is 0 Å². The Hall–Kier alpha value is -3.39. The van der Waals surface area contributed by atoms with E-state index in [0.717, 1.165) is 40.9 Å². The molecule has 1 N–H and O–H groups in total. The van der Waals surface area contributed by atoms with Crippen molar-refractivity contribution in [3.05, 3.63) is 64.1 Å². The molecule has 1 aliphatic rings. The molecule has 0 saturated heterocycles. The summed E-state index contributed by atoms with van der Waals surface area (Å²) in [7, 11) is 1.89. The molecule has 5 nitrogen and oxygen atoms in total. The number of carboxylic acids is 1. The molecule has 0 fully saturated rings. The minimum atomic E-state index is -0.906. The van der Waals surface area contributed by atoms with Gasteiger partial charge in [-0.2, -0.15) is 5.26 Å². The van der Waals surface area contributed by atoms with Gasteiger partial charge in [-0.15, -0.1) is 0 Å². The Balaban J connectivity index is 2.02. The third-order valence-electron chi connectivity index (χ3n) is 7.46. The van der Waals surface area contributed by atoms with Crippen molar-refractivity contribution >= 4 is 28.5 Å². The number of hydrogen-bond acceptors (Lipinski definition) is 3. The van der Waals surface area contributed by atoms with Gasteiger partial charge in [-0.25, -0.2) is 9.78 Å². The lowest BCUT2D eigenvalue weighted by Gasteiger charge is -2.38. The third-order valence-corrected chi connectivity index (χ3v) is 7.46. The van der Waals surface area contributed by atoms with Crippen molar-refractivity contribution in [1.29, 1.82) is 5.26 Å². The number of carbonyl (C=O) groups is 1. The Labute approximate surface area is 189 Å². The highest BCUT2D eigenvalue weighted by molar-refractivity contribution is 6.06. The fraction of sp³-hybridized carbons (Fsp3) is 0.370. The third kappa shape index (κ3) is 3.50. The van der Waals surface area contributed by atoms with Crippen LogP contribution in [0.3, 0.4) is 0 Å². The fourth-order valence-corrected chi connectivity index (χ4v) is 4.77. The van der Waals surface area contributed by atoms with Crippen molar-refractivity contribution in [2.45, 2.75) is 47.0 Å². The van der Waals surface area contributed by atoms with E-state index < -0.39 is 5.97 Å². The van der Waals surface area contributed by atoms with Crippen LogP contribution in [-0.4, -0.2) is 20.6 Å². The Morgan fingerprint density at radius 2 is 2.06 bits per heavy atom. The average Bonchev–Trinajstić information content (AvgIpc) is 3.05. The number of aromatic nitrogens is 2. The molecule has 0 radical (unpaired) electrons. The van der Waals surface area contributed by atoms with E-state index in [-0.39, 0.29) is 5.41 Å². The summed E-state index contributed by atoms with van der Waals surface area (Å²) >= 11 is 0. The zero-order valence-electron chi connectivity index (χ0n) is 19.4. The number of carboxylic acid groups (broad SMARTS) is 1. The molecule has 0 amide bonds. The predicted octanol–water partition coefficient (Wildman–Crippen LogP) is 5.99. The summed E-state index contributed by atoms with van der Waals surface area (Å²) in [5, 5.41) is 20.3. The van der Waals surface area contributed by atoms with Crippen molar-refractivity contribution in [1.82, 2.24) is 9.55 Å². The molecule has 0 spiro atoms. The van der Waals surface area contributed by atoms with Crippen molar-refractivity contribution < 1.29 is 9.90 Å². The molecule has 1 aliphatic carbocycles. The van der Waals surface area contributed by atoms with Crippen LogP contribution in [0.4, 0.5) is 0 Å². The number of pyridine rings is 1. The zero-order chi connectivity index (χ0) is 23.2. The molecule has 1 unspecified atom stereocenters. The molecule has 0 saturated carbocycles. The van der Waals surface area contributed by atoms with Gasteiger partial charge in [0.1, 0.15) is 11.8 Å². The van der Waals surface area contributed by atoms with E-state index in [4.69, 9.17) is 4.98 Å². The molecular formula is C27H29N3O2. The number of aromatic carboxylic acids is 1. The summed E-state index contributed by atoms with van der Waals surface area (Å²) in [4.78, 5) is 17.4. The lowest BCUT2D eigenvalue weighted by atomic mass is 9.67. The van der Waals surface area contributed by atoms with Crippen LogP contribution in [0.15, 0.2) is 30.3 Å². The number of fused-ring (bicyclic) bond motifs is 2. The monoisotopic (exact) mass is 427 g/mol. The Kier molecular flexibility index (Phi) is 5.42. The average molecular weight is 428 g/mol. The molecule has 2 aromatic heterocycles. The lowest BCUT2D eigenvalue weighted by Crippen LogP contribution is -2.30. The number of para-hydroxylation sites is 1. The van der Waals surface area contributed by atoms with Gasteiger partial charge < -0.3 is 9.67 Å². The molecule has 0 bridgehead atoms. The SMILES string of the molecule is CCC(C)(C)C1CC(=Cc2cc(C#N)n(C)c2C)c2nc3ccccc3c(C(=O)O)c2C1. The number of benzene rings is 1. The van der Waals surface area contributed by atoms with Gasteiger partial charge in [-0.1, -0.05) is 45.4 Å². The highest BCUT2D eigenvalue weighted by Crippen LogP contribution is 2.46. The summed E-state index contributed by atoms with van der Waals surface area (Å²) in [5.74, 6) is -0.608. The van der Waals surface area contributed by atoms with Crippen LogP contribution < -0.4 is 0 Å². The first kappa shape index (κ1) is 21.8. The van der Waals surface area contributed by atoms with Gasteiger partial charge in [-0.3, -0.25) is 0 Å².